The van der Waals surface area contributed by atoms with E-state index in [9.17, 15) is 14.7 Å². The van der Waals surface area contributed by atoms with Crippen LogP contribution in [0.5, 0.6) is 0 Å². The first-order chi connectivity index (χ1) is 19.4. The van der Waals surface area contributed by atoms with Crippen molar-refractivity contribution in [3.8, 4) is 0 Å². The lowest BCUT2D eigenvalue weighted by Crippen LogP contribution is -2.38. The van der Waals surface area contributed by atoms with Gasteiger partial charge < -0.3 is 14.6 Å². The monoisotopic (exact) mass is 573 g/mol. The number of fused-ring (bicyclic) bond motifs is 1. The SMILES string of the molecule is Cc1nnc(SCC2OC(c3cccc(N4C(=O)c5ccccc5C4=O)c3)OC(c3ccc(CO)cc3)C2C)s1. The minimum Gasteiger partial charge on any atom is -0.392 e. The van der Waals surface area contributed by atoms with E-state index in [1.54, 1.807) is 65.6 Å². The molecule has 10 heteroatoms. The second kappa shape index (κ2) is 11.2. The van der Waals surface area contributed by atoms with Gasteiger partial charge >= 0.3 is 0 Å². The van der Waals surface area contributed by atoms with Gasteiger partial charge in [-0.1, -0.05) is 78.6 Å². The maximum absolute atomic E-state index is 13.1. The van der Waals surface area contributed by atoms with Crippen molar-refractivity contribution in [2.75, 3.05) is 10.7 Å². The molecule has 204 valence electrons. The number of benzene rings is 3. The van der Waals surface area contributed by atoms with Crippen LogP contribution < -0.4 is 4.90 Å². The summed E-state index contributed by atoms with van der Waals surface area (Å²) in [6.45, 7) is 4.00. The summed E-state index contributed by atoms with van der Waals surface area (Å²) < 4.78 is 14.0. The van der Waals surface area contributed by atoms with Gasteiger partial charge in [-0.25, -0.2) is 4.90 Å². The first-order valence-electron chi connectivity index (χ1n) is 12.9. The van der Waals surface area contributed by atoms with E-state index in [1.165, 1.54) is 4.90 Å². The molecule has 2 amide bonds. The number of aromatic nitrogens is 2. The predicted octanol–water partition coefficient (Wildman–Crippen LogP) is 5.72. The first-order valence-corrected chi connectivity index (χ1v) is 14.7. The van der Waals surface area contributed by atoms with Crippen LogP contribution in [0, 0.1) is 12.8 Å². The number of thioether (sulfide) groups is 1. The molecule has 1 aromatic heterocycles. The highest BCUT2D eigenvalue weighted by molar-refractivity contribution is 8.01. The van der Waals surface area contributed by atoms with Crippen molar-refractivity contribution in [2.45, 2.75) is 43.3 Å². The van der Waals surface area contributed by atoms with Gasteiger partial charge in [-0.3, -0.25) is 9.59 Å². The van der Waals surface area contributed by atoms with Crippen LogP contribution in [0.2, 0.25) is 0 Å². The summed E-state index contributed by atoms with van der Waals surface area (Å²) in [5.74, 6) is -0.0308. The summed E-state index contributed by atoms with van der Waals surface area (Å²) in [5, 5.41) is 18.8. The van der Waals surface area contributed by atoms with Crippen molar-refractivity contribution in [1.29, 1.82) is 0 Å². The Balaban J connectivity index is 1.30. The molecule has 0 bridgehead atoms. The lowest BCUT2D eigenvalue weighted by molar-refractivity contribution is -0.268. The second-order valence-corrected chi connectivity index (χ2v) is 12.3. The van der Waals surface area contributed by atoms with Gasteiger partial charge in [-0.05, 0) is 42.3 Å². The molecule has 2 aliphatic rings. The van der Waals surface area contributed by atoms with Crippen LogP contribution in [0.1, 0.15) is 61.7 Å². The van der Waals surface area contributed by atoms with Crippen molar-refractivity contribution in [1.82, 2.24) is 10.2 Å². The zero-order chi connectivity index (χ0) is 27.8. The Bertz CT molecular complexity index is 1520. The van der Waals surface area contributed by atoms with Gasteiger partial charge in [-0.2, -0.15) is 0 Å². The van der Waals surface area contributed by atoms with Gasteiger partial charge in [0.15, 0.2) is 10.6 Å². The van der Waals surface area contributed by atoms with E-state index >= 15 is 0 Å². The molecule has 1 fully saturated rings. The Morgan fingerprint density at radius 3 is 2.30 bits per heavy atom. The fraction of sp³-hybridized carbons (Fsp3) is 0.267. The van der Waals surface area contributed by atoms with Gasteiger partial charge in [0.25, 0.3) is 11.8 Å². The average molecular weight is 574 g/mol. The Morgan fingerprint density at radius 1 is 0.925 bits per heavy atom. The summed E-state index contributed by atoms with van der Waals surface area (Å²) in [6.07, 6.45) is -1.19. The first kappa shape index (κ1) is 26.8. The third-order valence-corrected chi connectivity index (χ3v) is 9.26. The normalized spacial score (nSPS) is 22.5. The van der Waals surface area contributed by atoms with Crippen molar-refractivity contribution in [3.63, 3.8) is 0 Å². The molecule has 0 saturated carbocycles. The molecular weight excluding hydrogens is 546 g/mol. The summed E-state index contributed by atoms with van der Waals surface area (Å²) in [4.78, 5) is 27.4. The number of carbonyl (C=O) groups is 2. The number of amides is 2. The maximum Gasteiger partial charge on any atom is 0.266 e. The van der Waals surface area contributed by atoms with E-state index in [2.05, 4.69) is 17.1 Å². The van der Waals surface area contributed by atoms with Crippen LogP contribution in [0.25, 0.3) is 0 Å². The third-order valence-electron chi connectivity index (χ3n) is 7.20. The van der Waals surface area contributed by atoms with Crippen molar-refractivity contribution in [3.05, 3.63) is 106 Å². The Morgan fingerprint density at radius 2 is 1.65 bits per heavy atom. The number of ether oxygens (including phenoxy) is 2. The number of aryl methyl sites for hydroxylation is 1. The molecule has 6 rings (SSSR count). The number of aliphatic hydroxyl groups excluding tert-OH is 1. The summed E-state index contributed by atoms with van der Waals surface area (Å²) >= 11 is 3.15. The molecule has 0 spiro atoms. The van der Waals surface area contributed by atoms with Gasteiger partial charge in [0.2, 0.25) is 0 Å². The zero-order valence-electron chi connectivity index (χ0n) is 21.9. The molecule has 0 aliphatic carbocycles. The molecule has 40 heavy (non-hydrogen) atoms. The van der Waals surface area contributed by atoms with Crippen LogP contribution >= 0.6 is 23.1 Å². The van der Waals surface area contributed by atoms with E-state index in [0.29, 0.717) is 28.1 Å². The predicted molar refractivity (Wildman–Crippen MR) is 152 cm³/mol. The topological polar surface area (TPSA) is 102 Å². The van der Waals surface area contributed by atoms with E-state index in [-0.39, 0.29) is 36.5 Å². The number of aliphatic hydroxyl groups is 1. The summed E-state index contributed by atoms with van der Waals surface area (Å²) in [6, 6.07) is 21.8. The summed E-state index contributed by atoms with van der Waals surface area (Å²) in [5.41, 5.74) is 3.77. The van der Waals surface area contributed by atoms with Crippen LogP contribution in [-0.2, 0) is 16.1 Å². The molecule has 4 unspecified atom stereocenters. The molecule has 0 radical (unpaired) electrons. The number of rotatable bonds is 7. The highest BCUT2D eigenvalue weighted by atomic mass is 32.2. The minimum atomic E-state index is -0.726. The van der Waals surface area contributed by atoms with Crippen molar-refractivity contribution in [2.24, 2.45) is 5.92 Å². The molecule has 3 heterocycles. The number of nitrogens with zero attached hydrogens (tertiary/aromatic N) is 3. The second-order valence-electron chi connectivity index (χ2n) is 9.81. The number of hydrogen-bond acceptors (Lipinski definition) is 9. The lowest BCUT2D eigenvalue weighted by atomic mass is 9.91. The molecule has 4 atom stereocenters. The molecule has 4 aromatic rings. The van der Waals surface area contributed by atoms with E-state index in [4.69, 9.17) is 9.47 Å². The number of anilines is 1. The molecule has 1 saturated heterocycles. The third kappa shape index (κ3) is 5.09. The van der Waals surface area contributed by atoms with Crippen LogP contribution in [0.4, 0.5) is 5.69 Å². The zero-order valence-corrected chi connectivity index (χ0v) is 23.5. The van der Waals surface area contributed by atoms with E-state index < -0.39 is 6.29 Å². The Hall–Kier alpha value is -3.41. The Kier molecular flexibility index (Phi) is 7.52. The largest absolute Gasteiger partial charge is 0.392 e. The van der Waals surface area contributed by atoms with Crippen LogP contribution in [0.15, 0.2) is 77.1 Å². The fourth-order valence-corrected chi connectivity index (χ4v) is 7.04. The van der Waals surface area contributed by atoms with Crippen molar-refractivity contribution < 1.29 is 24.2 Å². The van der Waals surface area contributed by atoms with E-state index in [1.807, 2.05) is 37.3 Å². The molecule has 2 aliphatic heterocycles. The molecular formula is C30H27N3O5S2. The molecule has 8 nitrogen and oxygen atoms in total. The highest BCUT2D eigenvalue weighted by Crippen LogP contribution is 2.44. The average Bonchev–Trinajstić information content (AvgIpc) is 3.52. The highest BCUT2D eigenvalue weighted by Gasteiger charge is 2.40. The number of hydrogen-bond donors (Lipinski definition) is 1. The summed E-state index contributed by atoms with van der Waals surface area (Å²) in [7, 11) is 0. The van der Waals surface area contributed by atoms with Crippen LogP contribution in [0.3, 0.4) is 0 Å². The van der Waals surface area contributed by atoms with Crippen molar-refractivity contribution >= 4 is 40.6 Å². The smallest absolute Gasteiger partial charge is 0.266 e. The number of imide groups is 1. The van der Waals surface area contributed by atoms with Gasteiger partial charge in [0.05, 0.1) is 35.6 Å². The minimum absolute atomic E-state index is 0.0113. The number of carbonyl (C=O) groups excluding carboxylic acids is 2. The van der Waals surface area contributed by atoms with E-state index in [0.717, 1.165) is 20.5 Å². The fourth-order valence-electron chi connectivity index (χ4n) is 5.03. The van der Waals surface area contributed by atoms with Gasteiger partial charge in [0, 0.05) is 17.2 Å². The van der Waals surface area contributed by atoms with Gasteiger partial charge in [-0.15, -0.1) is 10.2 Å². The standard InChI is InChI=1S/C30H27N3O5S2/c1-17-25(16-39-30-32-31-18(2)40-30)37-29(38-26(17)20-12-10-19(15-34)11-13-20)21-6-5-7-22(14-21)33-27(35)23-8-3-4-9-24(23)28(33)36/h3-14,17,25-26,29,34H,15-16H2,1-2H3. The maximum atomic E-state index is 13.1. The lowest BCUT2D eigenvalue weighted by Gasteiger charge is -2.41. The molecule has 3 aromatic carbocycles. The van der Waals surface area contributed by atoms with Gasteiger partial charge in [0.1, 0.15) is 5.01 Å². The van der Waals surface area contributed by atoms with Crippen LogP contribution in [-0.4, -0.2) is 39.0 Å². The quantitative estimate of drug-likeness (QED) is 0.221. The molecule has 1 N–H and O–H groups in total. The Labute approximate surface area is 240 Å².